The molecule has 0 atom stereocenters. The molecule has 0 saturated heterocycles. The lowest BCUT2D eigenvalue weighted by molar-refractivity contribution is -0.384. The van der Waals surface area contributed by atoms with Crippen LogP contribution in [0.5, 0.6) is 0 Å². The van der Waals surface area contributed by atoms with Gasteiger partial charge in [-0.3, -0.25) is 14.9 Å². The first kappa shape index (κ1) is 16.4. The molecule has 23 heavy (non-hydrogen) atoms. The van der Waals surface area contributed by atoms with E-state index in [0.717, 1.165) is 24.3 Å². The molecule has 0 fully saturated rings. The summed E-state index contributed by atoms with van der Waals surface area (Å²) in [7, 11) is 0. The SMILES string of the molecule is O=C(Nc1ccc(F)cc1)c1cc([N+](=O)[O-])ccc1C(F)(F)F. The molecular formula is C14H8F4N2O3. The molecule has 1 N–H and O–H groups in total. The molecule has 0 bridgehead atoms. The van der Waals surface area contributed by atoms with Crippen LogP contribution in [0.25, 0.3) is 0 Å². The normalized spacial score (nSPS) is 11.1. The fraction of sp³-hybridized carbons (Fsp3) is 0.0714. The zero-order chi connectivity index (χ0) is 17.2. The van der Waals surface area contributed by atoms with Crippen LogP contribution in [0.15, 0.2) is 42.5 Å². The van der Waals surface area contributed by atoms with Crippen LogP contribution in [0.1, 0.15) is 15.9 Å². The third kappa shape index (κ3) is 3.82. The summed E-state index contributed by atoms with van der Waals surface area (Å²) in [5.74, 6) is -1.78. The highest BCUT2D eigenvalue weighted by atomic mass is 19.4. The van der Waals surface area contributed by atoms with Gasteiger partial charge in [-0.2, -0.15) is 13.2 Å². The zero-order valence-corrected chi connectivity index (χ0v) is 11.2. The van der Waals surface area contributed by atoms with E-state index in [4.69, 9.17) is 0 Å². The first-order chi connectivity index (χ1) is 10.7. The predicted molar refractivity (Wildman–Crippen MR) is 72.5 cm³/mol. The van der Waals surface area contributed by atoms with E-state index in [0.29, 0.717) is 18.2 Å². The quantitative estimate of drug-likeness (QED) is 0.526. The Morgan fingerprint density at radius 1 is 1.09 bits per heavy atom. The molecule has 2 aromatic carbocycles. The summed E-state index contributed by atoms with van der Waals surface area (Å²) in [6.07, 6.45) is -4.86. The van der Waals surface area contributed by atoms with Gasteiger partial charge in [-0.1, -0.05) is 0 Å². The topological polar surface area (TPSA) is 72.2 Å². The molecule has 5 nitrogen and oxygen atoms in total. The van der Waals surface area contributed by atoms with Gasteiger partial charge < -0.3 is 5.32 Å². The fourth-order valence-electron chi connectivity index (χ4n) is 1.81. The van der Waals surface area contributed by atoms with Gasteiger partial charge in [0.1, 0.15) is 5.82 Å². The lowest BCUT2D eigenvalue weighted by atomic mass is 10.1. The minimum atomic E-state index is -4.86. The van der Waals surface area contributed by atoms with E-state index in [-0.39, 0.29) is 5.69 Å². The third-order valence-electron chi connectivity index (χ3n) is 2.87. The van der Waals surface area contributed by atoms with E-state index in [1.165, 1.54) is 0 Å². The van der Waals surface area contributed by atoms with Crippen LogP contribution in [-0.2, 0) is 6.18 Å². The van der Waals surface area contributed by atoms with Crippen molar-refractivity contribution < 1.29 is 27.3 Å². The highest BCUT2D eigenvalue weighted by molar-refractivity contribution is 6.05. The predicted octanol–water partition coefficient (Wildman–Crippen LogP) is 4.01. The highest BCUT2D eigenvalue weighted by Crippen LogP contribution is 2.34. The molecule has 1 amide bonds. The Morgan fingerprint density at radius 3 is 2.22 bits per heavy atom. The van der Waals surface area contributed by atoms with Gasteiger partial charge in [0.15, 0.2) is 0 Å². The molecule has 0 aliphatic heterocycles. The lowest BCUT2D eigenvalue weighted by Gasteiger charge is -2.12. The van der Waals surface area contributed by atoms with Crippen molar-refractivity contribution in [2.24, 2.45) is 0 Å². The number of nitrogens with one attached hydrogen (secondary N) is 1. The number of amides is 1. The van der Waals surface area contributed by atoms with Crippen LogP contribution >= 0.6 is 0 Å². The molecule has 0 aliphatic carbocycles. The van der Waals surface area contributed by atoms with Crippen molar-refractivity contribution in [1.82, 2.24) is 0 Å². The molecule has 0 unspecified atom stereocenters. The fourth-order valence-corrected chi connectivity index (χ4v) is 1.81. The van der Waals surface area contributed by atoms with Crippen molar-refractivity contribution in [2.75, 3.05) is 5.32 Å². The number of hydrogen-bond acceptors (Lipinski definition) is 3. The van der Waals surface area contributed by atoms with Gasteiger partial charge in [-0.15, -0.1) is 0 Å². The highest BCUT2D eigenvalue weighted by Gasteiger charge is 2.36. The summed E-state index contributed by atoms with van der Waals surface area (Å²) in [5, 5.41) is 12.8. The molecule has 9 heteroatoms. The zero-order valence-electron chi connectivity index (χ0n) is 11.2. The number of nitrogens with zero attached hydrogens (tertiary/aromatic N) is 1. The Morgan fingerprint density at radius 2 is 1.70 bits per heavy atom. The number of anilines is 1. The molecule has 0 aliphatic rings. The molecule has 0 aromatic heterocycles. The van der Waals surface area contributed by atoms with Gasteiger partial charge in [0, 0.05) is 17.8 Å². The molecule has 0 spiro atoms. The Kier molecular flexibility index (Phi) is 4.30. The number of benzene rings is 2. The number of alkyl halides is 3. The van der Waals surface area contributed by atoms with Gasteiger partial charge >= 0.3 is 6.18 Å². The summed E-state index contributed by atoms with van der Waals surface area (Å²) >= 11 is 0. The summed E-state index contributed by atoms with van der Waals surface area (Å²) in [5.41, 5.74) is -2.79. The second-order valence-electron chi connectivity index (χ2n) is 4.45. The van der Waals surface area contributed by atoms with Gasteiger partial charge in [0.25, 0.3) is 11.6 Å². The van der Waals surface area contributed by atoms with E-state index in [2.05, 4.69) is 5.32 Å². The van der Waals surface area contributed by atoms with Crippen LogP contribution in [-0.4, -0.2) is 10.8 Å². The van der Waals surface area contributed by atoms with Gasteiger partial charge in [-0.25, -0.2) is 4.39 Å². The summed E-state index contributed by atoms with van der Waals surface area (Å²) in [4.78, 5) is 21.8. The Labute approximate surface area is 126 Å². The van der Waals surface area contributed by atoms with E-state index in [9.17, 15) is 32.5 Å². The smallest absolute Gasteiger partial charge is 0.322 e. The number of carbonyl (C=O) groups is 1. The molecule has 0 heterocycles. The van der Waals surface area contributed by atoms with Crippen molar-refractivity contribution in [2.45, 2.75) is 6.18 Å². The molecule has 0 radical (unpaired) electrons. The van der Waals surface area contributed by atoms with Crippen molar-refractivity contribution in [3.63, 3.8) is 0 Å². The lowest BCUT2D eigenvalue weighted by Crippen LogP contribution is -2.19. The van der Waals surface area contributed by atoms with Gasteiger partial charge in [0.05, 0.1) is 16.1 Å². The summed E-state index contributed by atoms with van der Waals surface area (Å²) in [6.45, 7) is 0. The van der Waals surface area contributed by atoms with Gasteiger partial charge in [0.2, 0.25) is 0 Å². The second-order valence-corrected chi connectivity index (χ2v) is 4.45. The minimum Gasteiger partial charge on any atom is -0.322 e. The monoisotopic (exact) mass is 328 g/mol. The van der Waals surface area contributed by atoms with Crippen molar-refractivity contribution >= 4 is 17.3 Å². The number of non-ortho nitro benzene ring substituents is 1. The van der Waals surface area contributed by atoms with E-state index < -0.39 is 39.6 Å². The minimum absolute atomic E-state index is 0.0519. The molecule has 2 aromatic rings. The number of rotatable bonds is 3. The van der Waals surface area contributed by atoms with Crippen LogP contribution in [0.3, 0.4) is 0 Å². The van der Waals surface area contributed by atoms with E-state index in [1.54, 1.807) is 0 Å². The van der Waals surface area contributed by atoms with Gasteiger partial charge in [-0.05, 0) is 30.3 Å². The van der Waals surface area contributed by atoms with Crippen LogP contribution in [0.4, 0.5) is 28.9 Å². The number of nitro benzene ring substituents is 1. The average Bonchev–Trinajstić information content (AvgIpc) is 2.48. The maximum atomic E-state index is 12.9. The first-order valence-corrected chi connectivity index (χ1v) is 6.11. The third-order valence-corrected chi connectivity index (χ3v) is 2.87. The molecular weight excluding hydrogens is 320 g/mol. The average molecular weight is 328 g/mol. The Bertz CT molecular complexity index is 758. The summed E-state index contributed by atoms with van der Waals surface area (Å²) in [6, 6.07) is 5.99. The molecule has 2 rings (SSSR count). The van der Waals surface area contributed by atoms with E-state index in [1.807, 2.05) is 0 Å². The molecule has 0 saturated carbocycles. The number of halogens is 4. The Balaban J connectivity index is 2.42. The number of hydrogen-bond donors (Lipinski definition) is 1. The van der Waals surface area contributed by atoms with Crippen LogP contribution < -0.4 is 5.32 Å². The van der Waals surface area contributed by atoms with Crippen LogP contribution in [0, 0.1) is 15.9 Å². The maximum absolute atomic E-state index is 12.9. The van der Waals surface area contributed by atoms with Crippen molar-refractivity contribution in [3.05, 3.63) is 69.5 Å². The molecule has 120 valence electrons. The first-order valence-electron chi connectivity index (χ1n) is 6.11. The van der Waals surface area contributed by atoms with Crippen molar-refractivity contribution in [3.8, 4) is 0 Å². The largest absolute Gasteiger partial charge is 0.417 e. The van der Waals surface area contributed by atoms with Crippen LogP contribution in [0.2, 0.25) is 0 Å². The second kappa shape index (κ2) is 6.03. The standard InChI is InChI=1S/C14H8F4N2O3/c15-8-1-3-9(4-2-8)19-13(21)11-7-10(20(22)23)5-6-12(11)14(16,17)18/h1-7H,(H,19,21). The van der Waals surface area contributed by atoms with E-state index >= 15 is 0 Å². The number of carbonyl (C=O) groups excluding carboxylic acids is 1. The van der Waals surface area contributed by atoms with Crippen molar-refractivity contribution in [1.29, 1.82) is 0 Å². The number of nitro groups is 1. The summed E-state index contributed by atoms with van der Waals surface area (Å²) < 4.78 is 51.6. The Hall–Kier alpha value is -2.97. The maximum Gasteiger partial charge on any atom is 0.417 e.